The molecular formula is C23H31N5O. The molecule has 2 aromatic rings. The van der Waals surface area contributed by atoms with Crippen LogP contribution in [0.4, 0.5) is 5.95 Å². The fourth-order valence-electron chi connectivity index (χ4n) is 4.19. The van der Waals surface area contributed by atoms with Gasteiger partial charge in [-0.15, -0.1) is 0 Å². The summed E-state index contributed by atoms with van der Waals surface area (Å²) < 4.78 is 0. The van der Waals surface area contributed by atoms with Crippen LogP contribution in [0.2, 0.25) is 0 Å². The van der Waals surface area contributed by atoms with Gasteiger partial charge in [0.05, 0.1) is 5.69 Å². The largest absolute Gasteiger partial charge is 0.341 e. The molecule has 2 aliphatic heterocycles. The Hall–Kier alpha value is -2.47. The van der Waals surface area contributed by atoms with E-state index in [2.05, 4.69) is 28.6 Å². The molecule has 0 saturated carbocycles. The number of amides is 1. The van der Waals surface area contributed by atoms with Crippen LogP contribution in [0.5, 0.6) is 0 Å². The van der Waals surface area contributed by atoms with E-state index in [0.717, 1.165) is 68.6 Å². The number of carbonyl (C=O) groups is 1. The van der Waals surface area contributed by atoms with Crippen LogP contribution in [0.1, 0.15) is 37.0 Å². The van der Waals surface area contributed by atoms with E-state index in [1.807, 2.05) is 41.4 Å². The molecule has 1 amide bonds. The van der Waals surface area contributed by atoms with Crippen molar-refractivity contribution in [2.75, 3.05) is 50.7 Å². The Morgan fingerprint density at radius 2 is 1.66 bits per heavy atom. The number of hydrogen-bond donors (Lipinski definition) is 0. The van der Waals surface area contributed by atoms with E-state index in [9.17, 15) is 4.79 Å². The van der Waals surface area contributed by atoms with E-state index >= 15 is 0 Å². The van der Waals surface area contributed by atoms with Crippen molar-refractivity contribution in [2.45, 2.75) is 26.7 Å². The SMILES string of the molecule is CC(C)CN1CCN(C(=O)c2ccc(-c3ccnc(N4CCCC4)n3)cc2)CC1. The Bertz CT molecular complexity index is 821. The van der Waals surface area contributed by atoms with Crippen LogP contribution in [0.15, 0.2) is 36.5 Å². The van der Waals surface area contributed by atoms with Crippen molar-refractivity contribution in [1.82, 2.24) is 19.8 Å². The smallest absolute Gasteiger partial charge is 0.253 e. The minimum atomic E-state index is 0.126. The van der Waals surface area contributed by atoms with Gasteiger partial charge in [-0.05, 0) is 37.0 Å². The van der Waals surface area contributed by atoms with Crippen molar-refractivity contribution in [3.8, 4) is 11.3 Å². The number of carbonyl (C=O) groups excluding carboxylic acids is 1. The summed E-state index contributed by atoms with van der Waals surface area (Å²) in [6, 6.07) is 9.78. The average molecular weight is 394 g/mol. The number of nitrogens with zero attached hydrogens (tertiary/aromatic N) is 5. The third kappa shape index (κ3) is 4.75. The lowest BCUT2D eigenvalue weighted by molar-refractivity contribution is 0.0624. The predicted octanol–water partition coefficient (Wildman–Crippen LogP) is 3.16. The van der Waals surface area contributed by atoms with Crippen molar-refractivity contribution in [3.05, 3.63) is 42.1 Å². The molecule has 4 rings (SSSR count). The van der Waals surface area contributed by atoms with Crippen LogP contribution < -0.4 is 4.90 Å². The second-order valence-electron chi connectivity index (χ2n) is 8.50. The second-order valence-corrected chi connectivity index (χ2v) is 8.50. The van der Waals surface area contributed by atoms with Crippen molar-refractivity contribution >= 4 is 11.9 Å². The monoisotopic (exact) mass is 393 g/mol. The fourth-order valence-corrected chi connectivity index (χ4v) is 4.19. The molecule has 6 heteroatoms. The molecule has 0 unspecified atom stereocenters. The first kappa shape index (κ1) is 19.8. The summed E-state index contributed by atoms with van der Waals surface area (Å²) in [5, 5.41) is 0. The van der Waals surface area contributed by atoms with Crippen molar-refractivity contribution in [3.63, 3.8) is 0 Å². The molecule has 0 radical (unpaired) electrons. The van der Waals surface area contributed by atoms with Gasteiger partial charge >= 0.3 is 0 Å². The van der Waals surface area contributed by atoms with Gasteiger partial charge in [-0.25, -0.2) is 9.97 Å². The predicted molar refractivity (Wildman–Crippen MR) is 116 cm³/mol. The summed E-state index contributed by atoms with van der Waals surface area (Å²) in [6.07, 6.45) is 4.23. The summed E-state index contributed by atoms with van der Waals surface area (Å²) >= 11 is 0. The van der Waals surface area contributed by atoms with Gasteiger partial charge in [0.15, 0.2) is 0 Å². The maximum absolute atomic E-state index is 12.9. The van der Waals surface area contributed by atoms with Crippen molar-refractivity contribution in [1.29, 1.82) is 0 Å². The Morgan fingerprint density at radius 3 is 2.31 bits per heavy atom. The van der Waals surface area contributed by atoms with Crippen molar-refractivity contribution < 1.29 is 4.79 Å². The molecule has 1 aromatic heterocycles. The molecule has 0 atom stereocenters. The summed E-state index contributed by atoms with van der Waals surface area (Å²) in [6.45, 7) is 11.2. The zero-order valence-corrected chi connectivity index (χ0v) is 17.5. The van der Waals surface area contributed by atoms with Crippen LogP contribution in [0, 0.1) is 5.92 Å². The van der Waals surface area contributed by atoms with Crippen LogP contribution in [0.25, 0.3) is 11.3 Å². The van der Waals surface area contributed by atoms with E-state index in [1.165, 1.54) is 12.8 Å². The van der Waals surface area contributed by atoms with E-state index in [0.29, 0.717) is 5.92 Å². The molecule has 0 bridgehead atoms. The lowest BCUT2D eigenvalue weighted by Gasteiger charge is -2.35. The maximum Gasteiger partial charge on any atom is 0.253 e. The van der Waals surface area contributed by atoms with Crippen LogP contribution in [-0.4, -0.2) is 71.5 Å². The van der Waals surface area contributed by atoms with E-state index in [-0.39, 0.29) is 5.91 Å². The lowest BCUT2D eigenvalue weighted by atomic mass is 10.1. The van der Waals surface area contributed by atoms with E-state index < -0.39 is 0 Å². The van der Waals surface area contributed by atoms with Gasteiger partial charge < -0.3 is 9.80 Å². The van der Waals surface area contributed by atoms with Crippen LogP contribution >= 0.6 is 0 Å². The fraction of sp³-hybridized carbons (Fsp3) is 0.522. The van der Waals surface area contributed by atoms with Gasteiger partial charge in [0.2, 0.25) is 5.95 Å². The number of hydrogen-bond acceptors (Lipinski definition) is 5. The average Bonchev–Trinajstić information content (AvgIpc) is 3.29. The first-order valence-corrected chi connectivity index (χ1v) is 10.8. The van der Waals surface area contributed by atoms with Gasteiger partial charge in [0.25, 0.3) is 5.91 Å². The molecule has 6 nitrogen and oxygen atoms in total. The molecule has 0 N–H and O–H groups in total. The van der Waals surface area contributed by atoms with Gasteiger partial charge in [-0.2, -0.15) is 0 Å². The highest BCUT2D eigenvalue weighted by Crippen LogP contribution is 2.22. The summed E-state index contributed by atoms with van der Waals surface area (Å²) in [5.41, 5.74) is 2.68. The molecule has 154 valence electrons. The third-order valence-electron chi connectivity index (χ3n) is 5.74. The number of anilines is 1. The molecule has 29 heavy (non-hydrogen) atoms. The summed E-state index contributed by atoms with van der Waals surface area (Å²) in [7, 11) is 0. The summed E-state index contributed by atoms with van der Waals surface area (Å²) in [5.74, 6) is 1.60. The lowest BCUT2D eigenvalue weighted by Crippen LogP contribution is -2.49. The molecule has 0 spiro atoms. The molecule has 2 saturated heterocycles. The highest BCUT2D eigenvalue weighted by atomic mass is 16.2. The van der Waals surface area contributed by atoms with Crippen LogP contribution in [0.3, 0.4) is 0 Å². The quantitative estimate of drug-likeness (QED) is 0.781. The second kappa shape index (κ2) is 8.91. The Morgan fingerprint density at radius 1 is 0.966 bits per heavy atom. The minimum Gasteiger partial charge on any atom is -0.341 e. The van der Waals surface area contributed by atoms with Gasteiger partial charge in [0.1, 0.15) is 0 Å². The zero-order valence-electron chi connectivity index (χ0n) is 17.5. The molecular weight excluding hydrogens is 362 g/mol. The van der Waals surface area contributed by atoms with Crippen LogP contribution in [-0.2, 0) is 0 Å². The minimum absolute atomic E-state index is 0.126. The zero-order chi connectivity index (χ0) is 20.2. The molecule has 0 aliphatic carbocycles. The highest BCUT2D eigenvalue weighted by molar-refractivity contribution is 5.94. The van der Waals surface area contributed by atoms with Crippen molar-refractivity contribution in [2.24, 2.45) is 5.92 Å². The Labute approximate surface area is 173 Å². The third-order valence-corrected chi connectivity index (χ3v) is 5.74. The van der Waals surface area contributed by atoms with E-state index in [1.54, 1.807) is 0 Å². The molecule has 1 aromatic carbocycles. The number of rotatable bonds is 5. The topological polar surface area (TPSA) is 52.6 Å². The van der Waals surface area contributed by atoms with Gasteiger partial charge in [0, 0.05) is 63.1 Å². The van der Waals surface area contributed by atoms with E-state index in [4.69, 9.17) is 4.98 Å². The Kier molecular flexibility index (Phi) is 6.09. The summed E-state index contributed by atoms with van der Waals surface area (Å²) in [4.78, 5) is 28.7. The molecule has 3 heterocycles. The standard InChI is InChI=1S/C23H31N5O/c1-18(2)17-26-13-15-27(16-14-26)22(29)20-7-5-19(6-8-20)21-9-10-24-23(25-21)28-11-3-4-12-28/h5-10,18H,3-4,11-17H2,1-2H3. The Balaban J connectivity index is 1.40. The normalized spacial score (nSPS) is 17.9. The first-order chi connectivity index (χ1) is 14.1. The molecule has 2 fully saturated rings. The van der Waals surface area contributed by atoms with Gasteiger partial charge in [-0.3, -0.25) is 9.69 Å². The maximum atomic E-state index is 12.9. The van der Waals surface area contributed by atoms with Gasteiger partial charge in [-0.1, -0.05) is 26.0 Å². The first-order valence-electron chi connectivity index (χ1n) is 10.8. The molecule has 2 aliphatic rings. The number of piperazine rings is 1. The number of benzene rings is 1. The highest BCUT2D eigenvalue weighted by Gasteiger charge is 2.22. The number of aromatic nitrogens is 2.